The van der Waals surface area contributed by atoms with Crippen molar-refractivity contribution in [3.63, 3.8) is 0 Å². The minimum atomic E-state index is -0.521. The van der Waals surface area contributed by atoms with Crippen LogP contribution in [-0.4, -0.2) is 42.2 Å². The first-order chi connectivity index (χ1) is 8.45. The number of likely N-dealkylation sites (N-methyl/N-ethyl adjacent to an activating group) is 1. The molecule has 0 aliphatic carbocycles. The number of aryl methyl sites for hydroxylation is 1. The van der Waals surface area contributed by atoms with Crippen LogP contribution in [0.2, 0.25) is 0 Å². The summed E-state index contributed by atoms with van der Waals surface area (Å²) >= 11 is 0. The molecule has 0 aliphatic heterocycles. The summed E-state index contributed by atoms with van der Waals surface area (Å²) < 4.78 is 0. The third-order valence-electron chi connectivity index (χ3n) is 2.66. The molecular formula is C14H22N2O2. The molecule has 0 spiro atoms. The predicted molar refractivity (Wildman–Crippen MR) is 74.0 cm³/mol. The van der Waals surface area contributed by atoms with Crippen LogP contribution in [0.4, 0.5) is 5.69 Å². The van der Waals surface area contributed by atoms with E-state index in [0.29, 0.717) is 12.1 Å². The lowest BCUT2D eigenvalue weighted by Gasteiger charge is -2.21. The van der Waals surface area contributed by atoms with Gasteiger partial charge in [-0.2, -0.15) is 0 Å². The molecule has 4 nitrogen and oxygen atoms in total. The molecule has 0 radical (unpaired) electrons. The van der Waals surface area contributed by atoms with E-state index >= 15 is 0 Å². The van der Waals surface area contributed by atoms with Gasteiger partial charge in [0, 0.05) is 25.8 Å². The molecule has 1 aromatic rings. The zero-order valence-electron chi connectivity index (χ0n) is 11.5. The van der Waals surface area contributed by atoms with Crippen molar-refractivity contribution in [3.05, 3.63) is 29.3 Å². The number of rotatable bonds is 5. The van der Waals surface area contributed by atoms with Crippen LogP contribution >= 0.6 is 0 Å². The van der Waals surface area contributed by atoms with E-state index in [-0.39, 0.29) is 5.91 Å². The Hall–Kier alpha value is -1.55. The summed E-state index contributed by atoms with van der Waals surface area (Å²) in [5.41, 5.74) is 2.60. The number of amides is 1. The second-order valence-electron chi connectivity index (χ2n) is 4.61. The van der Waals surface area contributed by atoms with Gasteiger partial charge in [-0.1, -0.05) is 6.07 Å². The molecule has 0 aromatic heterocycles. The summed E-state index contributed by atoms with van der Waals surface area (Å²) in [7, 11) is 1.70. The molecule has 18 heavy (non-hydrogen) atoms. The molecule has 0 saturated carbocycles. The summed E-state index contributed by atoms with van der Waals surface area (Å²) in [5.74, 6) is -0.0770. The van der Waals surface area contributed by atoms with Gasteiger partial charge in [0.05, 0.1) is 11.7 Å². The van der Waals surface area contributed by atoms with Crippen LogP contribution in [0.3, 0.4) is 0 Å². The van der Waals surface area contributed by atoms with Crippen molar-refractivity contribution >= 4 is 11.6 Å². The maximum atomic E-state index is 12.3. The first-order valence-corrected chi connectivity index (χ1v) is 6.23. The minimum absolute atomic E-state index is 0.0770. The van der Waals surface area contributed by atoms with E-state index in [1.807, 2.05) is 32.0 Å². The third kappa shape index (κ3) is 3.74. The smallest absolute Gasteiger partial charge is 0.255 e. The highest BCUT2D eigenvalue weighted by Gasteiger charge is 2.16. The summed E-state index contributed by atoms with van der Waals surface area (Å²) in [6.07, 6.45) is -0.521. The number of carbonyl (C=O) groups excluding carboxylic acids is 1. The monoisotopic (exact) mass is 250 g/mol. The highest BCUT2D eigenvalue weighted by molar-refractivity contribution is 5.99. The zero-order valence-corrected chi connectivity index (χ0v) is 11.5. The highest BCUT2D eigenvalue weighted by Crippen LogP contribution is 2.19. The summed E-state index contributed by atoms with van der Waals surface area (Å²) in [6, 6.07) is 5.71. The van der Waals surface area contributed by atoms with Gasteiger partial charge >= 0.3 is 0 Å². The molecule has 1 aromatic carbocycles. The van der Waals surface area contributed by atoms with E-state index in [9.17, 15) is 9.90 Å². The quantitative estimate of drug-likeness (QED) is 0.839. The average Bonchev–Trinajstić information content (AvgIpc) is 2.28. The lowest BCUT2D eigenvalue weighted by molar-refractivity contribution is 0.0704. The lowest BCUT2D eigenvalue weighted by atomic mass is 10.1. The molecule has 1 amide bonds. The molecular weight excluding hydrogens is 228 g/mol. The Kier molecular flexibility index (Phi) is 5.16. The topological polar surface area (TPSA) is 52.6 Å². The summed E-state index contributed by atoms with van der Waals surface area (Å²) in [6.45, 7) is 6.76. The maximum Gasteiger partial charge on any atom is 0.255 e. The van der Waals surface area contributed by atoms with Crippen molar-refractivity contribution < 1.29 is 9.90 Å². The zero-order chi connectivity index (χ0) is 13.7. The number of anilines is 1. The van der Waals surface area contributed by atoms with Crippen LogP contribution in [0.1, 0.15) is 29.8 Å². The van der Waals surface area contributed by atoms with E-state index in [1.165, 1.54) is 4.90 Å². The SMILES string of the molecule is CCNc1cc(C)ccc1C(=O)N(C)CC(C)O. The summed E-state index contributed by atoms with van der Waals surface area (Å²) in [4.78, 5) is 13.8. The normalized spacial score (nSPS) is 12.1. The van der Waals surface area contributed by atoms with Crippen LogP contribution in [-0.2, 0) is 0 Å². The fraction of sp³-hybridized carbons (Fsp3) is 0.500. The van der Waals surface area contributed by atoms with Crippen LogP contribution in [0.5, 0.6) is 0 Å². The second-order valence-corrected chi connectivity index (χ2v) is 4.61. The van der Waals surface area contributed by atoms with Crippen molar-refractivity contribution in [3.8, 4) is 0 Å². The van der Waals surface area contributed by atoms with Crippen LogP contribution in [0.25, 0.3) is 0 Å². The van der Waals surface area contributed by atoms with E-state index in [2.05, 4.69) is 5.32 Å². The van der Waals surface area contributed by atoms with Crippen molar-refractivity contribution in [2.24, 2.45) is 0 Å². The Morgan fingerprint density at radius 2 is 2.17 bits per heavy atom. The molecule has 1 rings (SSSR count). The van der Waals surface area contributed by atoms with E-state index in [4.69, 9.17) is 0 Å². The van der Waals surface area contributed by atoms with Gasteiger partial charge in [-0.25, -0.2) is 0 Å². The van der Waals surface area contributed by atoms with Gasteiger partial charge in [-0.15, -0.1) is 0 Å². The number of carbonyl (C=O) groups is 1. The number of nitrogens with zero attached hydrogens (tertiary/aromatic N) is 1. The molecule has 1 atom stereocenters. The highest BCUT2D eigenvalue weighted by atomic mass is 16.3. The first kappa shape index (κ1) is 14.5. The van der Waals surface area contributed by atoms with E-state index in [1.54, 1.807) is 14.0 Å². The third-order valence-corrected chi connectivity index (χ3v) is 2.66. The van der Waals surface area contributed by atoms with Gasteiger partial charge in [0.1, 0.15) is 0 Å². The van der Waals surface area contributed by atoms with Crippen molar-refractivity contribution in [2.75, 3.05) is 25.5 Å². The van der Waals surface area contributed by atoms with Gasteiger partial charge in [0.25, 0.3) is 5.91 Å². The van der Waals surface area contributed by atoms with Crippen LogP contribution in [0, 0.1) is 6.92 Å². The average molecular weight is 250 g/mol. The fourth-order valence-corrected chi connectivity index (χ4v) is 1.87. The Balaban J connectivity index is 2.97. The first-order valence-electron chi connectivity index (χ1n) is 6.23. The van der Waals surface area contributed by atoms with Gasteiger partial charge in [0.2, 0.25) is 0 Å². The number of benzene rings is 1. The van der Waals surface area contributed by atoms with E-state index < -0.39 is 6.10 Å². The number of hydrogen-bond acceptors (Lipinski definition) is 3. The molecule has 1 unspecified atom stereocenters. The molecule has 2 N–H and O–H groups in total. The predicted octanol–water partition coefficient (Wildman–Crippen LogP) is 1.88. The molecule has 0 saturated heterocycles. The molecule has 0 heterocycles. The molecule has 4 heteroatoms. The number of hydrogen-bond donors (Lipinski definition) is 2. The Labute approximate surface area is 109 Å². The minimum Gasteiger partial charge on any atom is -0.392 e. The van der Waals surface area contributed by atoms with Crippen LogP contribution in [0.15, 0.2) is 18.2 Å². The molecule has 0 aliphatic rings. The Morgan fingerprint density at radius 3 is 2.72 bits per heavy atom. The van der Waals surface area contributed by atoms with Crippen molar-refractivity contribution in [1.82, 2.24) is 4.90 Å². The summed E-state index contributed by atoms with van der Waals surface area (Å²) in [5, 5.41) is 12.5. The van der Waals surface area contributed by atoms with Gasteiger partial charge in [-0.3, -0.25) is 4.79 Å². The van der Waals surface area contributed by atoms with Crippen molar-refractivity contribution in [2.45, 2.75) is 26.9 Å². The van der Waals surface area contributed by atoms with Crippen molar-refractivity contribution in [1.29, 1.82) is 0 Å². The van der Waals surface area contributed by atoms with Gasteiger partial charge < -0.3 is 15.3 Å². The molecule has 0 bridgehead atoms. The molecule has 100 valence electrons. The largest absolute Gasteiger partial charge is 0.392 e. The lowest BCUT2D eigenvalue weighted by Crippen LogP contribution is -2.33. The van der Waals surface area contributed by atoms with Gasteiger partial charge in [-0.05, 0) is 38.5 Å². The van der Waals surface area contributed by atoms with Gasteiger partial charge in [0.15, 0.2) is 0 Å². The number of aliphatic hydroxyl groups is 1. The number of aliphatic hydroxyl groups excluding tert-OH is 1. The van der Waals surface area contributed by atoms with E-state index in [0.717, 1.165) is 17.8 Å². The van der Waals surface area contributed by atoms with Crippen LogP contribution < -0.4 is 5.32 Å². The fourth-order valence-electron chi connectivity index (χ4n) is 1.87. The maximum absolute atomic E-state index is 12.3. The Bertz CT molecular complexity index is 416. The standard InChI is InChI=1S/C14H22N2O2/c1-5-15-13-8-10(2)6-7-12(13)14(18)16(4)9-11(3)17/h6-8,11,15,17H,5,9H2,1-4H3. The Morgan fingerprint density at radius 1 is 1.50 bits per heavy atom. The molecule has 0 fully saturated rings. The second kappa shape index (κ2) is 6.40. The number of nitrogens with one attached hydrogen (secondary N) is 1.